The van der Waals surface area contributed by atoms with Gasteiger partial charge in [0, 0.05) is 39.1 Å². The van der Waals surface area contributed by atoms with Gasteiger partial charge in [0.25, 0.3) is 5.91 Å². The number of benzene rings is 3. The Morgan fingerprint density at radius 3 is 2.04 bits per heavy atom. The molecule has 3 aromatic rings. The van der Waals surface area contributed by atoms with E-state index >= 15 is 0 Å². The van der Waals surface area contributed by atoms with Crippen LogP contribution in [0.15, 0.2) is 72.8 Å². The summed E-state index contributed by atoms with van der Waals surface area (Å²) in [5.74, 6) is -0.156. The van der Waals surface area contributed by atoms with Gasteiger partial charge in [0.15, 0.2) is 0 Å². The summed E-state index contributed by atoms with van der Waals surface area (Å²) in [6, 6.07) is 15.4. The third-order valence-corrected chi connectivity index (χ3v) is 8.26. The van der Waals surface area contributed by atoms with Crippen LogP contribution >= 0.6 is 0 Å². The third kappa shape index (κ3) is 7.47. The van der Waals surface area contributed by atoms with Crippen LogP contribution in [0.2, 0.25) is 0 Å². The molecule has 0 unspecified atom stereocenters. The van der Waals surface area contributed by atoms with E-state index in [9.17, 15) is 35.9 Å². The number of hydrogen-bond donors (Lipinski definition) is 0. The average molecular weight is 651 g/mol. The van der Waals surface area contributed by atoms with Crippen LogP contribution in [0, 0.1) is 0 Å². The predicted octanol–water partition coefficient (Wildman–Crippen LogP) is 7.36. The van der Waals surface area contributed by atoms with E-state index in [4.69, 9.17) is 14.2 Å². The largest absolute Gasteiger partial charge is 0.496 e. The van der Waals surface area contributed by atoms with E-state index in [-0.39, 0.29) is 29.8 Å². The number of ether oxygens (including phenoxy) is 3. The first-order chi connectivity index (χ1) is 21.8. The van der Waals surface area contributed by atoms with Crippen molar-refractivity contribution in [2.45, 2.75) is 43.3 Å². The topological polar surface area (TPSA) is 68.3 Å². The number of carbonyl (C=O) groups is 2. The second-order valence-corrected chi connectivity index (χ2v) is 11.3. The van der Waals surface area contributed by atoms with E-state index in [1.165, 1.54) is 31.4 Å². The van der Waals surface area contributed by atoms with Crippen molar-refractivity contribution >= 4 is 12.0 Å². The molecule has 0 aliphatic carbocycles. The Hall–Kier alpha value is -4.10. The Morgan fingerprint density at radius 2 is 1.48 bits per heavy atom. The molecule has 2 fully saturated rings. The second-order valence-electron chi connectivity index (χ2n) is 11.3. The Morgan fingerprint density at radius 1 is 0.891 bits per heavy atom. The molecule has 7 nitrogen and oxygen atoms in total. The van der Waals surface area contributed by atoms with Crippen LogP contribution < -0.4 is 4.74 Å². The molecule has 5 rings (SSSR count). The van der Waals surface area contributed by atoms with E-state index in [0.717, 1.165) is 29.2 Å². The lowest BCUT2D eigenvalue weighted by Crippen LogP contribution is -2.47. The summed E-state index contributed by atoms with van der Waals surface area (Å²) < 4.78 is 97.4. The lowest BCUT2D eigenvalue weighted by molar-refractivity contribution is -0.138. The number of methoxy groups -OCH3 is 1. The molecular formula is C33H32F6N2O5. The highest BCUT2D eigenvalue weighted by atomic mass is 19.4. The Kier molecular flexibility index (Phi) is 9.64. The second kappa shape index (κ2) is 13.3. The molecule has 2 aliphatic heterocycles. The molecule has 0 atom stereocenters. The minimum Gasteiger partial charge on any atom is -0.496 e. The van der Waals surface area contributed by atoms with E-state index in [1.54, 1.807) is 24.3 Å². The van der Waals surface area contributed by atoms with Gasteiger partial charge in [0.1, 0.15) is 17.5 Å². The minimum atomic E-state index is -4.63. The number of hydrogen-bond acceptors (Lipinski definition) is 6. The van der Waals surface area contributed by atoms with Gasteiger partial charge in [-0.1, -0.05) is 36.4 Å². The zero-order valence-electron chi connectivity index (χ0n) is 24.9. The summed E-state index contributed by atoms with van der Waals surface area (Å²) in [6.45, 7) is 1.80. The van der Waals surface area contributed by atoms with Gasteiger partial charge < -0.3 is 19.1 Å². The highest BCUT2D eigenvalue weighted by Gasteiger charge is 2.49. The van der Waals surface area contributed by atoms with Gasteiger partial charge in [-0.05, 0) is 53.9 Å². The first-order valence-electron chi connectivity index (χ1n) is 14.7. The first kappa shape index (κ1) is 33.3. The van der Waals surface area contributed by atoms with Crippen LogP contribution in [0.25, 0.3) is 0 Å². The zero-order chi connectivity index (χ0) is 33.1. The lowest BCUT2D eigenvalue weighted by Gasteiger charge is -2.37. The summed E-state index contributed by atoms with van der Waals surface area (Å²) >= 11 is 0. The van der Waals surface area contributed by atoms with Crippen LogP contribution in [-0.2, 0) is 21.8 Å². The molecule has 0 saturated carbocycles. The lowest BCUT2D eigenvalue weighted by atomic mass is 9.91. The number of alkyl halides is 6. The highest BCUT2D eigenvalue weighted by molar-refractivity contribution is 6.05. The molecule has 246 valence electrons. The molecule has 2 saturated heterocycles. The van der Waals surface area contributed by atoms with Gasteiger partial charge in [-0.2, -0.15) is 26.3 Å². The van der Waals surface area contributed by atoms with Crippen molar-refractivity contribution in [1.29, 1.82) is 0 Å². The van der Waals surface area contributed by atoms with Crippen molar-refractivity contribution in [2.24, 2.45) is 0 Å². The van der Waals surface area contributed by atoms with E-state index < -0.39 is 47.2 Å². The zero-order valence-corrected chi connectivity index (χ0v) is 24.9. The maximum absolute atomic E-state index is 13.4. The minimum absolute atomic E-state index is 0.0645. The van der Waals surface area contributed by atoms with Crippen LogP contribution in [0.1, 0.15) is 58.0 Å². The molecule has 13 heteroatoms. The molecule has 2 amide bonds. The summed E-state index contributed by atoms with van der Waals surface area (Å²) in [4.78, 5) is 29.0. The van der Waals surface area contributed by atoms with Gasteiger partial charge in [-0.3, -0.25) is 4.79 Å². The Labute approximate surface area is 261 Å². The van der Waals surface area contributed by atoms with Gasteiger partial charge in [-0.25, -0.2) is 9.69 Å². The number of imide groups is 1. The fourth-order valence-corrected chi connectivity index (χ4v) is 5.82. The normalized spacial score (nSPS) is 17.0. The standard InChI is InChI=1S/C33H32F6N2O5/c1-44-27-12-3-2-11-26(27)29(42)41-21-31(46-30(41)43)13-16-40(17-14-31)15-6-18-45-28(22-7-4-9-24(19-22)32(34,35)36)23-8-5-10-25(20-23)33(37,38)39/h2-5,7-12,19-20,28H,6,13-18,21H2,1H3. The summed E-state index contributed by atoms with van der Waals surface area (Å²) in [5, 5.41) is 0. The SMILES string of the molecule is COc1ccccc1C(=O)N1CC2(CCN(CCCOC(c3cccc(C(F)(F)F)c3)c3cccc(C(F)(F)F)c3)CC2)OC1=O. The maximum Gasteiger partial charge on any atom is 0.417 e. The van der Waals surface area contributed by atoms with E-state index in [1.807, 2.05) is 0 Å². The molecule has 0 bridgehead atoms. The van der Waals surface area contributed by atoms with Crippen LogP contribution in [0.4, 0.5) is 31.1 Å². The molecule has 0 radical (unpaired) electrons. The number of nitrogens with zero attached hydrogens (tertiary/aromatic N) is 2. The number of amides is 2. The quantitative estimate of drug-likeness (QED) is 0.178. The molecule has 1 spiro atoms. The Bertz CT molecular complexity index is 1490. The van der Waals surface area contributed by atoms with E-state index in [0.29, 0.717) is 44.6 Å². The van der Waals surface area contributed by atoms with Crippen molar-refractivity contribution in [1.82, 2.24) is 9.80 Å². The van der Waals surface area contributed by atoms with Crippen molar-refractivity contribution < 1.29 is 50.1 Å². The molecular weight excluding hydrogens is 618 g/mol. The van der Waals surface area contributed by atoms with Crippen molar-refractivity contribution in [3.05, 3.63) is 101 Å². The molecule has 2 aliphatic rings. The van der Waals surface area contributed by atoms with Crippen LogP contribution in [0.3, 0.4) is 0 Å². The van der Waals surface area contributed by atoms with Gasteiger partial charge >= 0.3 is 18.4 Å². The van der Waals surface area contributed by atoms with E-state index in [2.05, 4.69) is 4.90 Å². The number of rotatable bonds is 9. The average Bonchev–Trinajstić information content (AvgIpc) is 3.36. The fourth-order valence-electron chi connectivity index (χ4n) is 5.82. The molecule has 0 aromatic heterocycles. The van der Waals surface area contributed by atoms with Crippen molar-refractivity contribution in [3.8, 4) is 5.75 Å². The van der Waals surface area contributed by atoms with Gasteiger partial charge in [0.2, 0.25) is 0 Å². The predicted molar refractivity (Wildman–Crippen MR) is 154 cm³/mol. The van der Waals surface area contributed by atoms with Crippen LogP contribution in [-0.4, -0.2) is 67.3 Å². The molecule has 46 heavy (non-hydrogen) atoms. The first-order valence-corrected chi connectivity index (χ1v) is 14.7. The summed E-state index contributed by atoms with van der Waals surface area (Å²) in [5.41, 5.74) is -2.24. The highest BCUT2D eigenvalue weighted by Crippen LogP contribution is 2.37. The molecule has 2 heterocycles. The smallest absolute Gasteiger partial charge is 0.417 e. The van der Waals surface area contributed by atoms with Crippen molar-refractivity contribution in [3.63, 3.8) is 0 Å². The van der Waals surface area contributed by atoms with Crippen LogP contribution in [0.5, 0.6) is 5.75 Å². The number of likely N-dealkylation sites (tertiary alicyclic amines) is 1. The number of halogens is 6. The number of piperidine rings is 1. The third-order valence-electron chi connectivity index (χ3n) is 8.26. The summed E-state index contributed by atoms with van der Waals surface area (Å²) in [6.07, 6.45) is -9.73. The summed E-state index contributed by atoms with van der Waals surface area (Å²) in [7, 11) is 1.44. The maximum atomic E-state index is 13.4. The number of carbonyl (C=O) groups excluding carboxylic acids is 2. The van der Waals surface area contributed by atoms with Gasteiger partial charge in [0.05, 0.1) is 30.3 Å². The Balaban J connectivity index is 1.19. The monoisotopic (exact) mass is 650 g/mol. The van der Waals surface area contributed by atoms with Crippen molar-refractivity contribution in [2.75, 3.05) is 39.9 Å². The van der Waals surface area contributed by atoms with Gasteiger partial charge in [-0.15, -0.1) is 0 Å². The fraction of sp³-hybridized carbons (Fsp3) is 0.394. The molecule has 3 aromatic carbocycles. The number of para-hydroxylation sites is 1. The molecule has 0 N–H and O–H groups in total.